The maximum absolute atomic E-state index is 12.3. The molecule has 0 aromatic heterocycles. The Morgan fingerprint density at radius 3 is 2.70 bits per heavy atom. The molecule has 1 N–H and O–H groups in total. The molecule has 0 aliphatic carbocycles. The van der Waals surface area contributed by atoms with Gasteiger partial charge in [0.1, 0.15) is 11.6 Å². The zero-order valence-electron chi connectivity index (χ0n) is 13.6. The van der Waals surface area contributed by atoms with Gasteiger partial charge < -0.3 is 5.32 Å². The molecule has 8 nitrogen and oxygen atoms in total. The Bertz CT molecular complexity index is 1170. The number of hydrogen-bond donors (Lipinski definition) is 1. The summed E-state index contributed by atoms with van der Waals surface area (Å²) in [6.45, 7) is 0. The van der Waals surface area contributed by atoms with E-state index in [4.69, 9.17) is 0 Å². The lowest BCUT2D eigenvalue weighted by Gasteiger charge is -2.07. The third-order valence-electron chi connectivity index (χ3n) is 3.76. The van der Waals surface area contributed by atoms with Crippen LogP contribution in [0.1, 0.15) is 11.1 Å². The maximum atomic E-state index is 12.3. The number of carbonyl (C=O) groups is 1. The number of sulfone groups is 1. The maximum Gasteiger partial charge on any atom is 0.270 e. The SMILES string of the molecule is N#C/C(=C\c1cccc([N+](=O)[O-])c1)C(=O)Nc1ccc2c(c1)S(=O)(=O)C=C2. The molecule has 134 valence electrons. The summed E-state index contributed by atoms with van der Waals surface area (Å²) in [6.07, 6.45) is 2.67. The predicted octanol–water partition coefficient (Wildman–Crippen LogP) is 2.90. The lowest BCUT2D eigenvalue weighted by molar-refractivity contribution is -0.384. The Balaban J connectivity index is 1.86. The molecule has 9 heteroatoms. The van der Waals surface area contributed by atoms with Gasteiger partial charge >= 0.3 is 0 Å². The van der Waals surface area contributed by atoms with E-state index in [1.165, 1.54) is 48.6 Å². The highest BCUT2D eigenvalue weighted by atomic mass is 32.2. The molecular formula is C18H11N3O5S. The lowest BCUT2D eigenvalue weighted by atomic mass is 10.1. The number of fused-ring (bicyclic) bond motifs is 1. The van der Waals surface area contributed by atoms with Crippen LogP contribution in [0.25, 0.3) is 12.2 Å². The molecule has 27 heavy (non-hydrogen) atoms. The highest BCUT2D eigenvalue weighted by Crippen LogP contribution is 2.29. The molecule has 0 unspecified atom stereocenters. The predicted molar refractivity (Wildman–Crippen MR) is 98.0 cm³/mol. The number of nitrogens with one attached hydrogen (secondary N) is 1. The van der Waals surface area contributed by atoms with Crippen LogP contribution in [-0.4, -0.2) is 19.2 Å². The Morgan fingerprint density at radius 2 is 2.00 bits per heavy atom. The second-order valence-electron chi connectivity index (χ2n) is 5.58. The highest BCUT2D eigenvalue weighted by Gasteiger charge is 2.21. The third-order valence-corrected chi connectivity index (χ3v) is 5.22. The first-order valence-electron chi connectivity index (χ1n) is 7.55. The van der Waals surface area contributed by atoms with Crippen molar-refractivity contribution in [2.45, 2.75) is 4.90 Å². The Hall–Kier alpha value is -3.77. The van der Waals surface area contributed by atoms with Crippen molar-refractivity contribution in [2.24, 2.45) is 0 Å². The molecule has 0 spiro atoms. The van der Waals surface area contributed by atoms with Gasteiger partial charge in [0.15, 0.2) is 0 Å². The van der Waals surface area contributed by atoms with Gasteiger partial charge in [-0.1, -0.05) is 18.2 Å². The normalized spacial score (nSPS) is 14.3. The molecule has 0 radical (unpaired) electrons. The third kappa shape index (κ3) is 3.75. The van der Waals surface area contributed by atoms with Gasteiger partial charge in [-0.05, 0) is 35.4 Å². The van der Waals surface area contributed by atoms with E-state index in [1.54, 1.807) is 12.1 Å². The van der Waals surface area contributed by atoms with Crippen LogP contribution < -0.4 is 5.32 Å². The molecular weight excluding hydrogens is 370 g/mol. The number of nitro groups is 1. The van der Waals surface area contributed by atoms with Crippen molar-refractivity contribution in [1.29, 1.82) is 5.26 Å². The highest BCUT2D eigenvalue weighted by molar-refractivity contribution is 7.94. The Morgan fingerprint density at radius 1 is 1.22 bits per heavy atom. The van der Waals surface area contributed by atoms with E-state index in [1.807, 2.05) is 0 Å². The Kier molecular flexibility index (Phi) is 4.58. The van der Waals surface area contributed by atoms with E-state index >= 15 is 0 Å². The standard InChI is InChI=1S/C18H11N3O5S/c19-11-14(8-12-2-1-3-16(9-12)21(23)24)18(22)20-15-5-4-13-6-7-27(25,26)17(13)10-15/h1-10H,(H,20,22)/b14-8+. The molecule has 1 heterocycles. The average molecular weight is 381 g/mol. The summed E-state index contributed by atoms with van der Waals surface area (Å²) >= 11 is 0. The van der Waals surface area contributed by atoms with Gasteiger partial charge in [0.05, 0.1) is 9.82 Å². The minimum absolute atomic E-state index is 0.0708. The lowest BCUT2D eigenvalue weighted by Crippen LogP contribution is -2.13. The number of nitriles is 1. The van der Waals surface area contributed by atoms with Crippen LogP contribution in [0.4, 0.5) is 11.4 Å². The number of nitro benzene ring substituents is 1. The molecule has 2 aromatic rings. The number of hydrogen-bond acceptors (Lipinski definition) is 6. The van der Waals surface area contributed by atoms with Gasteiger partial charge in [-0.25, -0.2) is 8.42 Å². The summed E-state index contributed by atoms with van der Waals surface area (Å²) in [5.41, 5.74) is 0.596. The summed E-state index contributed by atoms with van der Waals surface area (Å²) in [6, 6.07) is 11.6. The smallest absolute Gasteiger partial charge is 0.270 e. The van der Waals surface area contributed by atoms with E-state index in [0.29, 0.717) is 11.1 Å². The fourth-order valence-electron chi connectivity index (χ4n) is 2.47. The van der Waals surface area contributed by atoms with Crippen molar-refractivity contribution in [3.8, 4) is 6.07 Å². The van der Waals surface area contributed by atoms with Gasteiger partial charge in [0.25, 0.3) is 11.6 Å². The molecule has 0 saturated carbocycles. The zero-order chi connectivity index (χ0) is 19.6. The van der Waals surface area contributed by atoms with Crippen LogP contribution in [0.2, 0.25) is 0 Å². The molecule has 2 aromatic carbocycles. The van der Waals surface area contributed by atoms with Gasteiger partial charge in [-0.2, -0.15) is 5.26 Å². The summed E-state index contributed by atoms with van der Waals surface area (Å²) in [4.78, 5) is 22.6. The first-order chi connectivity index (χ1) is 12.8. The summed E-state index contributed by atoms with van der Waals surface area (Å²) < 4.78 is 23.8. The molecule has 1 amide bonds. The summed E-state index contributed by atoms with van der Waals surface area (Å²) in [5.74, 6) is -0.757. The summed E-state index contributed by atoms with van der Waals surface area (Å²) in [5, 5.41) is 23.6. The minimum atomic E-state index is -3.53. The fraction of sp³-hybridized carbons (Fsp3) is 0. The molecule has 1 aliphatic rings. The van der Waals surface area contributed by atoms with Gasteiger partial charge in [0.2, 0.25) is 9.84 Å². The van der Waals surface area contributed by atoms with Crippen molar-refractivity contribution < 1.29 is 18.1 Å². The number of benzene rings is 2. The first-order valence-corrected chi connectivity index (χ1v) is 9.09. The van der Waals surface area contributed by atoms with Crippen molar-refractivity contribution in [3.63, 3.8) is 0 Å². The Labute approximate surface area is 154 Å². The van der Waals surface area contributed by atoms with Crippen LogP contribution in [-0.2, 0) is 14.6 Å². The topological polar surface area (TPSA) is 130 Å². The molecule has 0 bridgehead atoms. The van der Waals surface area contributed by atoms with E-state index in [2.05, 4.69) is 5.32 Å². The van der Waals surface area contributed by atoms with E-state index in [0.717, 1.165) is 5.41 Å². The van der Waals surface area contributed by atoms with Gasteiger partial charge in [-0.15, -0.1) is 0 Å². The number of non-ortho nitro benzene ring substituents is 1. The molecule has 0 saturated heterocycles. The summed E-state index contributed by atoms with van der Waals surface area (Å²) in [7, 11) is -3.53. The van der Waals surface area contributed by atoms with Crippen molar-refractivity contribution in [3.05, 3.63) is 74.7 Å². The number of carbonyl (C=O) groups excluding carboxylic acids is 1. The van der Waals surface area contributed by atoms with Gasteiger partial charge in [0, 0.05) is 23.2 Å². The fourth-order valence-corrected chi connectivity index (χ4v) is 3.70. The number of amides is 1. The number of nitrogens with zero attached hydrogens (tertiary/aromatic N) is 2. The van der Waals surface area contributed by atoms with Crippen LogP contribution in [0.3, 0.4) is 0 Å². The quantitative estimate of drug-likeness (QED) is 0.375. The monoisotopic (exact) mass is 381 g/mol. The average Bonchev–Trinajstić information content (AvgIpc) is 2.94. The van der Waals surface area contributed by atoms with Gasteiger partial charge in [-0.3, -0.25) is 14.9 Å². The van der Waals surface area contributed by atoms with Crippen LogP contribution in [0, 0.1) is 21.4 Å². The molecule has 0 atom stereocenters. The second-order valence-corrected chi connectivity index (χ2v) is 7.38. The van der Waals surface area contributed by atoms with Crippen molar-refractivity contribution >= 4 is 39.3 Å². The molecule has 3 rings (SSSR count). The van der Waals surface area contributed by atoms with Crippen molar-refractivity contribution in [2.75, 3.05) is 5.32 Å². The molecule has 1 aliphatic heterocycles. The van der Waals surface area contributed by atoms with E-state index < -0.39 is 20.7 Å². The number of anilines is 1. The van der Waals surface area contributed by atoms with Crippen LogP contribution >= 0.6 is 0 Å². The van der Waals surface area contributed by atoms with Crippen molar-refractivity contribution in [1.82, 2.24) is 0 Å². The van der Waals surface area contributed by atoms with E-state index in [9.17, 15) is 28.6 Å². The second kappa shape index (κ2) is 6.86. The van der Waals surface area contributed by atoms with E-state index in [-0.39, 0.29) is 21.8 Å². The zero-order valence-corrected chi connectivity index (χ0v) is 14.4. The first kappa shape index (κ1) is 18.0. The molecule has 0 fully saturated rings. The van der Waals surface area contributed by atoms with Crippen LogP contribution in [0.5, 0.6) is 0 Å². The number of rotatable bonds is 4. The van der Waals surface area contributed by atoms with Crippen LogP contribution in [0.15, 0.2) is 58.3 Å². The largest absolute Gasteiger partial charge is 0.321 e. The minimum Gasteiger partial charge on any atom is -0.321 e.